The number of piperazine rings is 1. The molecule has 2 aliphatic carbocycles. The van der Waals surface area contributed by atoms with Crippen LogP contribution in [0, 0.1) is 17.2 Å². The van der Waals surface area contributed by atoms with Crippen LogP contribution in [0.25, 0.3) is 0 Å². The van der Waals surface area contributed by atoms with E-state index in [0.717, 1.165) is 75.8 Å². The molecule has 3 heterocycles. The smallest absolute Gasteiger partial charge is 0.246 e. The zero-order valence-electron chi connectivity index (χ0n) is 26.7. The van der Waals surface area contributed by atoms with E-state index < -0.39 is 0 Å². The Morgan fingerprint density at radius 2 is 1.91 bits per heavy atom. The van der Waals surface area contributed by atoms with Gasteiger partial charge in [0, 0.05) is 70.0 Å². The predicted octanol–water partition coefficient (Wildman–Crippen LogP) is 3.96. The highest BCUT2D eigenvalue weighted by Crippen LogP contribution is 2.37. The number of hydrogen-bond donors (Lipinski definition) is 1. The fourth-order valence-electron chi connectivity index (χ4n) is 7.94. The van der Waals surface area contributed by atoms with E-state index in [2.05, 4.69) is 52.0 Å². The molecule has 10 nitrogen and oxygen atoms in total. The molecular weight excluding hydrogens is 564 g/mol. The molecule has 4 atom stereocenters. The molecule has 2 amide bonds. The highest BCUT2D eigenvalue weighted by molar-refractivity contribution is 5.87. The molecule has 45 heavy (non-hydrogen) atoms. The average Bonchev–Trinajstić information content (AvgIpc) is 3.07. The number of aryl methyl sites for hydroxylation is 1. The van der Waals surface area contributed by atoms with Gasteiger partial charge in [-0.25, -0.2) is 4.98 Å². The van der Waals surface area contributed by atoms with Crippen LogP contribution < -0.4 is 15.1 Å². The Morgan fingerprint density at radius 1 is 1.09 bits per heavy atom. The van der Waals surface area contributed by atoms with E-state index in [0.29, 0.717) is 31.6 Å². The third-order valence-electron chi connectivity index (χ3n) is 10.2. The van der Waals surface area contributed by atoms with Gasteiger partial charge in [0.1, 0.15) is 5.82 Å². The molecule has 2 aromatic rings. The number of amides is 2. The number of nitrogens with one attached hydrogen (secondary N) is 1. The molecule has 238 valence electrons. The molecule has 1 saturated heterocycles. The van der Waals surface area contributed by atoms with E-state index in [9.17, 15) is 14.9 Å². The van der Waals surface area contributed by atoms with Gasteiger partial charge in [-0.3, -0.25) is 9.59 Å². The third kappa shape index (κ3) is 6.35. The molecule has 0 spiro atoms. The number of nitriles is 1. The van der Waals surface area contributed by atoms with Gasteiger partial charge in [-0.15, -0.1) is 0 Å². The van der Waals surface area contributed by atoms with Gasteiger partial charge in [0.05, 0.1) is 30.1 Å². The number of fused-ring (bicyclic) bond motifs is 2. The molecule has 2 fully saturated rings. The largest absolute Gasteiger partial charge is 0.368 e. The minimum absolute atomic E-state index is 0.0266. The molecule has 0 bridgehead atoms. The average molecular weight is 611 g/mol. The highest BCUT2D eigenvalue weighted by Gasteiger charge is 2.37. The number of aromatic nitrogens is 2. The van der Waals surface area contributed by atoms with Crippen LogP contribution in [0.2, 0.25) is 0 Å². The number of benzene rings is 1. The van der Waals surface area contributed by atoms with Crippen LogP contribution in [0.3, 0.4) is 0 Å². The van der Waals surface area contributed by atoms with Gasteiger partial charge in [-0.2, -0.15) is 10.2 Å². The van der Waals surface area contributed by atoms with Crippen LogP contribution in [0.1, 0.15) is 61.8 Å². The van der Waals surface area contributed by atoms with Crippen molar-refractivity contribution >= 4 is 29.3 Å². The lowest BCUT2D eigenvalue weighted by atomic mass is 9.83. The van der Waals surface area contributed by atoms with E-state index in [4.69, 9.17) is 9.97 Å². The van der Waals surface area contributed by atoms with E-state index in [-0.39, 0.29) is 36.2 Å². The quantitative estimate of drug-likeness (QED) is 0.470. The van der Waals surface area contributed by atoms with Crippen LogP contribution in [-0.4, -0.2) is 90.0 Å². The van der Waals surface area contributed by atoms with Gasteiger partial charge >= 0.3 is 0 Å². The maximum absolute atomic E-state index is 13.1. The van der Waals surface area contributed by atoms with Crippen molar-refractivity contribution in [2.24, 2.45) is 5.92 Å². The summed E-state index contributed by atoms with van der Waals surface area (Å²) in [4.78, 5) is 44.4. The summed E-state index contributed by atoms with van der Waals surface area (Å²) in [6.07, 6.45) is 10.5. The Bertz CT molecular complexity index is 1470. The maximum Gasteiger partial charge on any atom is 0.246 e. The monoisotopic (exact) mass is 610 g/mol. The lowest BCUT2D eigenvalue weighted by Crippen LogP contribution is -2.55. The summed E-state index contributed by atoms with van der Waals surface area (Å²) in [5, 5.41) is 13.2. The number of nitrogens with zero attached hydrogens (tertiary/aromatic N) is 7. The van der Waals surface area contributed by atoms with E-state index in [1.165, 1.54) is 22.9 Å². The van der Waals surface area contributed by atoms with Gasteiger partial charge in [-0.1, -0.05) is 37.6 Å². The number of hydrogen-bond acceptors (Lipinski definition) is 8. The molecule has 10 heteroatoms. The fraction of sp³-hybridized carbons (Fsp3) is 0.571. The van der Waals surface area contributed by atoms with Crippen molar-refractivity contribution in [2.45, 2.75) is 82.3 Å². The minimum atomic E-state index is -0.238. The Kier molecular flexibility index (Phi) is 9.24. The van der Waals surface area contributed by atoms with Crippen LogP contribution in [-0.2, 0) is 28.9 Å². The van der Waals surface area contributed by atoms with Gasteiger partial charge in [0.2, 0.25) is 17.8 Å². The molecule has 1 N–H and O–H groups in total. The summed E-state index contributed by atoms with van der Waals surface area (Å²) >= 11 is 0. The van der Waals surface area contributed by atoms with Crippen molar-refractivity contribution in [3.05, 3.63) is 53.7 Å². The van der Waals surface area contributed by atoms with Crippen LogP contribution >= 0.6 is 0 Å². The van der Waals surface area contributed by atoms with Crippen molar-refractivity contribution in [3.8, 4) is 6.07 Å². The standard InChI is InChI=1S/C35H46N8O2/c1-4-32(44)43-21-20-41(23-26(43)17-18-36)33-27-16-15-25(42-19-9-11-24-10-5-8-14-31(24)42)22-30(27)38-35(39-33)37-29-13-7-6-12-28(29)34(45)40(2)3/h4-5,8,10,14,25-26,28-29H,1,6-7,9,11-13,15-17,19-23H2,2-3H3,(H,37,38,39). The van der Waals surface area contributed by atoms with E-state index >= 15 is 0 Å². The molecular formula is C35H46N8O2. The Morgan fingerprint density at radius 3 is 2.71 bits per heavy atom. The summed E-state index contributed by atoms with van der Waals surface area (Å²) in [6.45, 7) is 6.38. The van der Waals surface area contributed by atoms with Crippen molar-refractivity contribution in [3.63, 3.8) is 0 Å². The maximum atomic E-state index is 13.1. The molecule has 0 radical (unpaired) electrons. The Labute approximate surface area is 267 Å². The number of para-hydroxylation sites is 1. The molecule has 2 aliphatic heterocycles. The van der Waals surface area contributed by atoms with Crippen molar-refractivity contribution < 1.29 is 9.59 Å². The summed E-state index contributed by atoms with van der Waals surface area (Å²) in [7, 11) is 3.66. The summed E-state index contributed by atoms with van der Waals surface area (Å²) in [5.74, 6) is 1.38. The first-order valence-electron chi connectivity index (χ1n) is 16.6. The Hall–Kier alpha value is -4.13. The first-order chi connectivity index (χ1) is 21.9. The van der Waals surface area contributed by atoms with Gasteiger partial charge in [0.25, 0.3) is 0 Å². The lowest BCUT2D eigenvalue weighted by molar-refractivity contribution is -0.134. The third-order valence-corrected chi connectivity index (χ3v) is 10.2. The summed E-state index contributed by atoms with van der Waals surface area (Å²) in [6, 6.07) is 11.1. The van der Waals surface area contributed by atoms with Crippen LogP contribution in [0.15, 0.2) is 36.9 Å². The van der Waals surface area contributed by atoms with Crippen LogP contribution in [0.4, 0.5) is 17.5 Å². The second kappa shape index (κ2) is 13.5. The zero-order chi connectivity index (χ0) is 31.5. The van der Waals surface area contributed by atoms with Gasteiger partial charge < -0.3 is 24.9 Å². The number of anilines is 3. The second-order valence-corrected chi connectivity index (χ2v) is 13.2. The summed E-state index contributed by atoms with van der Waals surface area (Å²) < 4.78 is 0. The lowest BCUT2D eigenvalue weighted by Gasteiger charge is -2.43. The normalized spacial score (nSPS) is 24.6. The Balaban J connectivity index is 1.34. The predicted molar refractivity (Wildman–Crippen MR) is 176 cm³/mol. The molecule has 1 saturated carbocycles. The first-order valence-corrected chi connectivity index (χ1v) is 16.6. The van der Waals surface area contributed by atoms with E-state index in [1.54, 1.807) is 9.80 Å². The topological polar surface area (TPSA) is 109 Å². The number of carbonyl (C=O) groups excluding carboxylic acids is 2. The van der Waals surface area contributed by atoms with Gasteiger partial charge in [0.15, 0.2) is 0 Å². The van der Waals surface area contributed by atoms with Crippen molar-refractivity contribution in [1.29, 1.82) is 5.26 Å². The number of rotatable bonds is 7. The van der Waals surface area contributed by atoms with Gasteiger partial charge in [-0.05, 0) is 56.2 Å². The van der Waals surface area contributed by atoms with E-state index in [1.807, 2.05) is 14.1 Å². The van der Waals surface area contributed by atoms with Crippen molar-refractivity contribution in [2.75, 3.05) is 55.4 Å². The SMILES string of the molecule is C=CC(=O)N1CCN(c2nc(NC3CCCCC3C(=O)N(C)C)nc3c2CCC(N2CCCc4ccccc42)C3)CC1CC#N. The molecule has 4 aliphatic rings. The second-order valence-electron chi connectivity index (χ2n) is 13.2. The molecule has 4 unspecified atom stereocenters. The number of carbonyl (C=O) groups is 2. The first kappa shape index (κ1) is 30.9. The summed E-state index contributed by atoms with van der Waals surface area (Å²) in [5.41, 5.74) is 5.00. The fourth-order valence-corrected chi connectivity index (χ4v) is 7.94. The van der Waals surface area contributed by atoms with Crippen molar-refractivity contribution in [1.82, 2.24) is 19.8 Å². The van der Waals surface area contributed by atoms with Crippen LogP contribution in [0.5, 0.6) is 0 Å². The molecule has 6 rings (SSSR count). The highest BCUT2D eigenvalue weighted by atomic mass is 16.2. The zero-order valence-corrected chi connectivity index (χ0v) is 26.7. The molecule has 1 aromatic heterocycles. The molecule has 1 aromatic carbocycles. The minimum Gasteiger partial charge on any atom is -0.368 e.